The fraction of sp³-hybridized carbons (Fsp3) is 0.250. The largest absolute Gasteiger partial charge is 0.504 e. The predicted octanol–water partition coefficient (Wildman–Crippen LogP) is 2.58. The van der Waals surface area contributed by atoms with E-state index in [1.54, 1.807) is 17.4 Å². The highest BCUT2D eigenvalue weighted by atomic mass is 32.1. The van der Waals surface area contributed by atoms with Gasteiger partial charge in [0.1, 0.15) is 17.0 Å². The number of aromatic nitrogens is 2. The zero-order valence-electron chi connectivity index (χ0n) is 12.8. The molecule has 1 atom stereocenters. The van der Waals surface area contributed by atoms with Crippen LogP contribution < -0.4 is 4.90 Å². The summed E-state index contributed by atoms with van der Waals surface area (Å²) in [4.78, 5) is 11.4. The number of aromatic hydroxyl groups is 2. The van der Waals surface area contributed by atoms with Crippen LogP contribution >= 0.6 is 11.3 Å². The van der Waals surface area contributed by atoms with Crippen molar-refractivity contribution in [1.29, 1.82) is 0 Å². The fourth-order valence-corrected chi connectivity index (χ4v) is 3.37. The van der Waals surface area contributed by atoms with E-state index in [0.29, 0.717) is 12.1 Å². The molecule has 2 heterocycles. The van der Waals surface area contributed by atoms with E-state index in [9.17, 15) is 15.3 Å². The lowest BCUT2D eigenvalue weighted by atomic mass is 10.1. The van der Waals surface area contributed by atoms with Crippen molar-refractivity contribution in [2.75, 3.05) is 18.5 Å². The van der Waals surface area contributed by atoms with Crippen molar-refractivity contribution in [3.8, 4) is 11.5 Å². The van der Waals surface area contributed by atoms with E-state index in [-0.39, 0.29) is 11.5 Å². The summed E-state index contributed by atoms with van der Waals surface area (Å²) >= 11 is 1.56. The molecule has 0 aliphatic heterocycles. The molecule has 0 radical (unpaired) electrons. The van der Waals surface area contributed by atoms with Crippen molar-refractivity contribution >= 4 is 27.4 Å². The SMILES string of the molecule is Cc1csc2ncnc(N(C)C[C@H](O)c3ccc(O)c(O)c3)c12. The first kappa shape index (κ1) is 15.5. The molecule has 3 rings (SSSR count). The van der Waals surface area contributed by atoms with E-state index in [2.05, 4.69) is 9.97 Å². The maximum atomic E-state index is 10.4. The molecule has 6 nitrogen and oxygen atoms in total. The smallest absolute Gasteiger partial charge is 0.157 e. The minimum absolute atomic E-state index is 0.208. The molecule has 0 aliphatic rings. The summed E-state index contributed by atoms with van der Waals surface area (Å²) in [6.07, 6.45) is 0.693. The maximum absolute atomic E-state index is 10.4. The van der Waals surface area contributed by atoms with Gasteiger partial charge in [0.15, 0.2) is 11.5 Å². The molecule has 23 heavy (non-hydrogen) atoms. The molecule has 0 spiro atoms. The van der Waals surface area contributed by atoms with Crippen molar-refractivity contribution in [3.63, 3.8) is 0 Å². The molecule has 0 fully saturated rings. The molecule has 7 heteroatoms. The molecule has 2 aromatic heterocycles. The second-order valence-electron chi connectivity index (χ2n) is 5.44. The van der Waals surface area contributed by atoms with E-state index in [1.165, 1.54) is 18.5 Å². The molecule has 0 unspecified atom stereocenters. The lowest BCUT2D eigenvalue weighted by molar-refractivity contribution is 0.184. The number of aliphatic hydroxyl groups is 1. The summed E-state index contributed by atoms with van der Waals surface area (Å²) in [6, 6.07) is 4.30. The summed E-state index contributed by atoms with van der Waals surface area (Å²) in [6.45, 7) is 2.31. The number of fused-ring (bicyclic) bond motifs is 1. The number of phenols is 2. The summed E-state index contributed by atoms with van der Waals surface area (Å²) in [5, 5.41) is 32.3. The molecule has 3 N–H and O–H groups in total. The van der Waals surface area contributed by atoms with E-state index in [1.807, 2.05) is 24.3 Å². The third-order valence-electron chi connectivity index (χ3n) is 3.73. The zero-order chi connectivity index (χ0) is 16.6. The van der Waals surface area contributed by atoms with Crippen LogP contribution in [0.25, 0.3) is 10.2 Å². The van der Waals surface area contributed by atoms with E-state index < -0.39 is 6.10 Å². The fourth-order valence-electron chi connectivity index (χ4n) is 2.49. The van der Waals surface area contributed by atoms with Crippen LogP contribution in [-0.4, -0.2) is 38.9 Å². The average molecular weight is 331 g/mol. The Labute approximate surface area is 137 Å². The van der Waals surface area contributed by atoms with Crippen molar-refractivity contribution in [1.82, 2.24) is 9.97 Å². The van der Waals surface area contributed by atoms with Crippen LogP contribution in [0.3, 0.4) is 0 Å². The van der Waals surface area contributed by atoms with Crippen molar-refractivity contribution < 1.29 is 15.3 Å². The highest BCUT2D eigenvalue weighted by Gasteiger charge is 2.17. The van der Waals surface area contributed by atoms with Gasteiger partial charge in [0.2, 0.25) is 0 Å². The van der Waals surface area contributed by atoms with Gasteiger partial charge in [-0.3, -0.25) is 0 Å². The molecular formula is C16H17N3O3S. The molecule has 0 bridgehead atoms. The Morgan fingerprint density at radius 2 is 2.00 bits per heavy atom. The van der Waals surface area contributed by atoms with Gasteiger partial charge in [0, 0.05) is 13.6 Å². The Kier molecular flexibility index (Phi) is 4.06. The molecular weight excluding hydrogens is 314 g/mol. The number of rotatable bonds is 4. The number of likely N-dealkylation sites (N-methyl/N-ethyl adjacent to an activating group) is 1. The number of hydrogen-bond donors (Lipinski definition) is 3. The van der Waals surface area contributed by atoms with Crippen LogP contribution in [0.1, 0.15) is 17.2 Å². The molecule has 3 aromatic rings. The Hall–Kier alpha value is -2.38. The molecule has 0 saturated carbocycles. The zero-order valence-corrected chi connectivity index (χ0v) is 13.6. The van der Waals surface area contributed by atoms with Gasteiger partial charge >= 0.3 is 0 Å². The maximum Gasteiger partial charge on any atom is 0.157 e. The van der Waals surface area contributed by atoms with Gasteiger partial charge in [-0.2, -0.15) is 0 Å². The first-order chi connectivity index (χ1) is 11.0. The summed E-state index contributed by atoms with van der Waals surface area (Å²) < 4.78 is 0. The second kappa shape index (κ2) is 6.02. The first-order valence-electron chi connectivity index (χ1n) is 7.07. The number of aliphatic hydroxyl groups excluding tert-OH is 1. The first-order valence-corrected chi connectivity index (χ1v) is 7.95. The predicted molar refractivity (Wildman–Crippen MR) is 90.2 cm³/mol. The average Bonchev–Trinajstić information content (AvgIpc) is 2.91. The van der Waals surface area contributed by atoms with Gasteiger partial charge in [-0.05, 0) is 35.6 Å². The summed E-state index contributed by atoms with van der Waals surface area (Å²) in [5.41, 5.74) is 1.63. The lowest BCUT2D eigenvalue weighted by Gasteiger charge is -2.23. The monoisotopic (exact) mass is 331 g/mol. The number of anilines is 1. The number of phenolic OH excluding ortho intramolecular Hbond substituents is 2. The minimum Gasteiger partial charge on any atom is -0.504 e. The third kappa shape index (κ3) is 2.93. The van der Waals surface area contributed by atoms with Gasteiger partial charge in [-0.1, -0.05) is 6.07 Å². The van der Waals surface area contributed by atoms with Gasteiger partial charge in [0.25, 0.3) is 0 Å². The molecule has 0 amide bonds. The number of benzene rings is 1. The van der Waals surface area contributed by atoms with Crippen molar-refractivity contribution in [2.24, 2.45) is 0 Å². The lowest BCUT2D eigenvalue weighted by Crippen LogP contribution is -2.25. The Morgan fingerprint density at radius 3 is 2.74 bits per heavy atom. The summed E-state index contributed by atoms with van der Waals surface area (Å²) in [7, 11) is 1.85. The van der Waals surface area contributed by atoms with Gasteiger partial charge in [0.05, 0.1) is 11.5 Å². The van der Waals surface area contributed by atoms with Crippen LogP contribution in [0.15, 0.2) is 29.9 Å². The molecule has 0 saturated heterocycles. The Morgan fingerprint density at radius 1 is 1.22 bits per heavy atom. The minimum atomic E-state index is -0.824. The number of aryl methyl sites for hydroxylation is 1. The standard InChI is InChI=1S/C16H17N3O3S/c1-9-7-23-16-14(9)15(17-8-18-16)19(2)6-13(22)10-3-4-11(20)12(21)5-10/h3-5,7-8,13,20-22H,6H2,1-2H3/t13-/m0/s1. The highest BCUT2D eigenvalue weighted by molar-refractivity contribution is 7.17. The van der Waals surface area contributed by atoms with Gasteiger partial charge in [-0.15, -0.1) is 11.3 Å². The van der Waals surface area contributed by atoms with Crippen molar-refractivity contribution in [3.05, 3.63) is 41.0 Å². The van der Waals surface area contributed by atoms with Crippen LogP contribution in [0.5, 0.6) is 11.5 Å². The van der Waals surface area contributed by atoms with Crippen LogP contribution in [0, 0.1) is 6.92 Å². The topological polar surface area (TPSA) is 89.7 Å². The van der Waals surface area contributed by atoms with Crippen LogP contribution in [-0.2, 0) is 0 Å². The number of nitrogens with zero attached hydrogens (tertiary/aromatic N) is 3. The second-order valence-corrected chi connectivity index (χ2v) is 6.30. The van der Waals surface area contributed by atoms with Crippen LogP contribution in [0.2, 0.25) is 0 Å². The van der Waals surface area contributed by atoms with Gasteiger partial charge < -0.3 is 20.2 Å². The Bertz CT molecular complexity index is 850. The molecule has 1 aromatic carbocycles. The van der Waals surface area contributed by atoms with Crippen molar-refractivity contribution in [2.45, 2.75) is 13.0 Å². The Balaban J connectivity index is 1.86. The highest BCUT2D eigenvalue weighted by Crippen LogP contribution is 2.32. The van der Waals surface area contributed by atoms with Gasteiger partial charge in [-0.25, -0.2) is 9.97 Å². The molecule has 0 aliphatic carbocycles. The van der Waals surface area contributed by atoms with Crippen LogP contribution in [0.4, 0.5) is 5.82 Å². The molecule has 120 valence electrons. The van der Waals surface area contributed by atoms with E-state index in [4.69, 9.17) is 0 Å². The normalized spacial score (nSPS) is 12.5. The third-order valence-corrected chi connectivity index (χ3v) is 4.73. The van der Waals surface area contributed by atoms with E-state index >= 15 is 0 Å². The number of hydrogen-bond acceptors (Lipinski definition) is 7. The number of thiophene rings is 1. The summed E-state index contributed by atoms with van der Waals surface area (Å²) in [5.74, 6) is 0.304. The quantitative estimate of drug-likeness (QED) is 0.637. The van der Waals surface area contributed by atoms with E-state index in [0.717, 1.165) is 21.6 Å².